The van der Waals surface area contributed by atoms with Crippen LogP contribution in [0.15, 0.2) is 24.0 Å². The van der Waals surface area contributed by atoms with Crippen LogP contribution >= 0.6 is 22.7 Å². The van der Waals surface area contributed by atoms with Gasteiger partial charge in [0.1, 0.15) is 4.83 Å². The zero-order valence-electron chi connectivity index (χ0n) is 13.1. The first kappa shape index (κ1) is 15.9. The molecule has 3 aromatic rings. The van der Waals surface area contributed by atoms with Gasteiger partial charge >= 0.3 is 5.97 Å². The second-order valence-corrected chi connectivity index (χ2v) is 7.15. The summed E-state index contributed by atoms with van der Waals surface area (Å²) in [5.74, 6) is -0.345. The second kappa shape index (κ2) is 6.64. The molecule has 0 bridgehead atoms. The summed E-state index contributed by atoms with van der Waals surface area (Å²) in [7, 11) is 0. The van der Waals surface area contributed by atoms with Gasteiger partial charge < -0.3 is 10.1 Å². The van der Waals surface area contributed by atoms with E-state index in [9.17, 15) is 4.79 Å². The number of nitrogens with zero attached hydrogens (tertiary/aromatic N) is 2. The van der Waals surface area contributed by atoms with Crippen LogP contribution in [0.25, 0.3) is 20.0 Å². The fraction of sp³-hybridized carbons (Fsp3) is 0.312. The van der Waals surface area contributed by atoms with Crippen molar-refractivity contribution in [3.63, 3.8) is 0 Å². The van der Waals surface area contributed by atoms with Crippen molar-refractivity contribution in [1.82, 2.24) is 9.97 Å². The number of esters is 1. The monoisotopic (exact) mass is 347 g/mol. The molecule has 0 aliphatic rings. The summed E-state index contributed by atoms with van der Waals surface area (Å²) in [5.41, 5.74) is 3.29. The molecule has 0 atom stereocenters. The zero-order valence-corrected chi connectivity index (χ0v) is 14.8. The van der Waals surface area contributed by atoms with Crippen LogP contribution in [0.4, 0.5) is 5.69 Å². The molecule has 7 heteroatoms. The summed E-state index contributed by atoms with van der Waals surface area (Å²) in [6, 6.07) is 2.12. The van der Waals surface area contributed by atoms with Crippen LogP contribution in [0.2, 0.25) is 0 Å². The quantitative estimate of drug-likeness (QED) is 0.692. The number of rotatable bonds is 5. The predicted octanol–water partition coefficient (Wildman–Crippen LogP) is 4.42. The Morgan fingerprint density at radius 3 is 2.87 bits per heavy atom. The Bertz CT molecular complexity index is 825. The molecule has 0 unspecified atom stereocenters. The molecule has 0 fully saturated rings. The number of carbonyl (C=O) groups is 1. The van der Waals surface area contributed by atoms with Gasteiger partial charge in [0.25, 0.3) is 0 Å². The third kappa shape index (κ3) is 3.20. The van der Waals surface area contributed by atoms with Gasteiger partial charge in [-0.3, -0.25) is 4.98 Å². The maximum absolute atomic E-state index is 12.0. The molecular weight excluding hydrogens is 330 g/mol. The zero-order chi connectivity index (χ0) is 16.4. The standard InChI is InChI=1S/C16H17N3O2S2/c1-4-21-16(20)10-5-11-13(19-9(2)3)14(12-7-17-8-22-12)23-15(11)18-6-10/h5-9,19H,4H2,1-3H3. The molecule has 3 rings (SSSR count). The largest absolute Gasteiger partial charge is 0.462 e. The summed E-state index contributed by atoms with van der Waals surface area (Å²) in [4.78, 5) is 23.7. The van der Waals surface area contributed by atoms with Crippen LogP contribution in [0.5, 0.6) is 0 Å². The van der Waals surface area contributed by atoms with Gasteiger partial charge in [0.2, 0.25) is 0 Å². The van der Waals surface area contributed by atoms with E-state index < -0.39 is 0 Å². The van der Waals surface area contributed by atoms with Crippen LogP contribution in [-0.4, -0.2) is 28.6 Å². The van der Waals surface area contributed by atoms with Crippen molar-refractivity contribution in [3.05, 3.63) is 29.5 Å². The van der Waals surface area contributed by atoms with Crippen LogP contribution in [0, 0.1) is 0 Å². The fourth-order valence-corrected chi connectivity index (χ4v) is 4.07. The van der Waals surface area contributed by atoms with Gasteiger partial charge in [0.05, 0.1) is 33.1 Å². The topological polar surface area (TPSA) is 64.1 Å². The van der Waals surface area contributed by atoms with E-state index in [1.165, 1.54) is 0 Å². The summed E-state index contributed by atoms with van der Waals surface area (Å²) >= 11 is 3.19. The van der Waals surface area contributed by atoms with Gasteiger partial charge in [-0.15, -0.1) is 22.7 Å². The van der Waals surface area contributed by atoms with Crippen LogP contribution in [0.3, 0.4) is 0 Å². The average Bonchev–Trinajstić information content (AvgIpc) is 3.14. The summed E-state index contributed by atoms with van der Waals surface area (Å²) < 4.78 is 5.07. The third-order valence-corrected chi connectivity index (χ3v) is 5.21. The second-order valence-electron chi connectivity index (χ2n) is 5.27. The van der Waals surface area contributed by atoms with E-state index >= 15 is 0 Å². The highest BCUT2D eigenvalue weighted by Crippen LogP contribution is 2.43. The van der Waals surface area contributed by atoms with E-state index in [1.54, 1.807) is 35.8 Å². The number of hydrogen-bond acceptors (Lipinski definition) is 7. The van der Waals surface area contributed by atoms with Gasteiger partial charge in [-0.05, 0) is 26.8 Å². The summed E-state index contributed by atoms with van der Waals surface area (Å²) in [5, 5.41) is 4.42. The van der Waals surface area contributed by atoms with E-state index in [2.05, 4.69) is 29.1 Å². The molecule has 0 spiro atoms. The highest BCUT2D eigenvalue weighted by atomic mass is 32.1. The fourth-order valence-electron chi connectivity index (χ4n) is 2.24. The molecule has 0 aliphatic heterocycles. The van der Waals surface area contributed by atoms with E-state index in [0.717, 1.165) is 25.7 Å². The number of hydrogen-bond donors (Lipinski definition) is 1. The lowest BCUT2D eigenvalue weighted by Gasteiger charge is -2.11. The van der Waals surface area contributed by atoms with Crippen molar-refractivity contribution in [2.45, 2.75) is 26.8 Å². The van der Waals surface area contributed by atoms with Gasteiger partial charge in [0, 0.05) is 23.8 Å². The molecule has 5 nitrogen and oxygen atoms in total. The SMILES string of the molecule is CCOC(=O)c1cnc2sc(-c3cncs3)c(NC(C)C)c2c1. The Balaban J connectivity index is 2.15. The number of ether oxygens (including phenoxy) is 1. The number of anilines is 1. The number of nitrogens with one attached hydrogen (secondary N) is 1. The number of thiazole rings is 1. The van der Waals surface area contributed by atoms with Crippen LogP contribution in [0.1, 0.15) is 31.1 Å². The molecule has 3 aromatic heterocycles. The number of fused-ring (bicyclic) bond motifs is 1. The number of aromatic nitrogens is 2. The first-order chi connectivity index (χ1) is 11.1. The van der Waals surface area contributed by atoms with E-state index in [-0.39, 0.29) is 12.0 Å². The Morgan fingerprint density at radius 2 is 2.22 bits per heavy atom. The van der Waals surface area contributed by atoms with Crippen molar-refractivity contribution < 1.29 is 9.53 Å². The van der Waals surface area contributed by atoms with Crippen molar-refractivity contribution >= 4 is 44.5 Å². The van der Waals surface area contributed by atoms with E-state index in [4.69, 9.17) is 4.74 Å². The molecule has 0 saturated carbocycles. The molecule has 0 radical (unpaired) electrons. The van der Waals surface area contributed by atoms with E-state index in [1.807, 2.05) is 17.8 Å². The lowest BCUT2D eigenvalue weighted by molar-refractivity contribution is 0.0526. The molecule has 120 valence electrons. The normalized spacial score (nSPS) is 11.1. The molecule has 0 aliphatic carbocycles. The van der Waals surface area contributed by atoms with Gasteiger partial charge in [-0.1, -0.05) is 0 Å². The third-order valence-electron chi connectivity index (χ3n) is 3.15. The van der Waals surface area contributed by atoms with Gasteiger partial charge in [-0.25, -0.2) is 9.78 Å². The minimum Gasteiger partial charge on any atom is -0.462 e. The summed E-state index contributed by atoms with van der Waals surface area (Å²) in [6.45, 7) is 6.32. The highest BCUT2D eigenvalue weighted by Gasteiger charge is 2.18. The molecule has 23 heavy (non-hydrogen) atoms. The minimum atomic E-state index is -0.345. The maximum Gasteiger partial charge on any atom is 0.339 e. The van der Waals surface area contributed by atoms with E-state index in [0.29, 0.717) is 12.2 Å². The Hall–Kier alpha value is -1.99. The summed E-state index contributed by atoms with van der Waals surface area (Å²) in [6.07, 6.45) is 3.43. The Labute approximate surface area is 142 Å². The van der Waals surface area contributed by atoms with Gasteiger partial charge in [-0.2, -0.15) is 0 Å². The molecule has 0 amide bonds. The molecule has 1 N–H and O–H groups in total. The smallest absolute Gasteiger partial charge is 0.339 e. The van der Waals surface area contributed by atoms with Crippen LogP contribution < -0.4 is 5.32 Å². The highest BCUT2D eigenvalue weighted by molar-refractivity contribution is 7.26. The Morgan fingerprint density at radius 1 is 1.39 bits per heavy atom. The molecule has 0 aromatic carbocycles. The average molecular weight is 347 g/mol. The lowest BCUT2D eigenvalue weighted by atomic mass is 10.2. The molecule has 3 heterocycles. The minimum absolute atomic E-state index is 0.269. The number of thiophene rings is 1. The first-order valence-corrected chi connectivity index (χ1v) is 9.04. The van der Waals surface area contributed by atoms with Crippen molar-refractivity contribution in [2.24, 2.45) is 0 Å². The molecular formula is C16H17N3O2S2. The lowest BCUT2D eigenvalue weighted by Crippen LogP contribution is -2.10. The van der Waals surface area contributed by atoms with Crippen molar-refractivity contribution in [1.29, 1.82) is 0 Å². The van der Waals surface area contributed by atoms with Crippen molar-refractivity contribution in [3.8, 4) is 9.75 Å². The molecule has 0 saturated heterocycles. The van der Waals surface area contributed by atoms with Crippen molar-refractivity contribution in [2.75, 3.05) is 11.9 Å². The van der Waals surface area contributed by atoms with Crippen LogP contribution in [-0.2, 0) is 4.74 Å². The maximum atomic E-state index is 12.0. The Kier molecular flexibility index (Phi) is 4.58. The first-order valence-electron chi connectivity index (χ1n) is 7.35. The van der Waals surface area contributed by atoms with Gasteiger partial charge in [0.15, 0.2) is 0 Å². The number of carbonyl (C=O) groups excluding carboxylic acids is 1. The predicted molar refractivity (Wildman–Crippen MR) is 95.4 cm³/mol. The number of pyridine rings is 1.